The van der Waals surface area contributed by atoms with Crippen LogP contribution in [0.5, 0.6) is 5.75 Å². The lowest BCUT2D eigenvalue weighted by molar-refractivity contribution is -0.0534. The number of fused-ring (bicyclic) bond motifs is 1. The first-order valence-corrected chi connectivity index (χ1v) is 8.58. The first kappa shape index (κ1) is 16.8. The molecule has 1 N–H and O–H groups in total. The van der Waals surface area contributed by atoms with Crippen molar-refractivity contribution >= 4 is 15.9 Å². The molecule has 0 spiro atoms. The van der Waals surface area contributed by atoms with Crippen LogP contribution in [0.25, 0.3) is 0 Å². The van der Waals surface area contributed by atoms with Gasteiger partial charge in [0.15, 0.2) is 0 Å². The third-order valence-electron chi connectivity index (χ3n) is 4.51. The van der Waals surface area contributed by atoms with Gasteiger partial charge in [0.2, 0.25) is 0 Å². The van der Waals surface area contributed by atoms with Gasteiger partial charge in [0, 0.05) is 23.5 Å². The number of ether oxygens (including phenoxy) is 2. The van der Waals surface area contributed by atoms with Gasteiger partial charge in [0.1, 0.15) is 5.75 Å². The van der Waals surface area contributed by atoms with Crippen LogP contribution < -0.4 is 10.1 Å². The van der Waals surface area contributed by atoms with Gasteiger partial charge in [-0.1, -0.05) is 22.9 Å². The summed E-state index contributed by atoms with van der Waals surface area (Å²) in [7, 11) is 2.01. The second-order valence-electron chi connectivity index (χ2n) is 5.80. The van der Waals surface area contributed by atoms with E-state index in [2.05, 4.69) is 54.2 Å². The zero-order chi connectivity index (χ0) is 15.5. The second kappa shape index (κ2) is 7.12. The van der Waals surface area contributed by atoms with Gasteiger partial charge in [0.05, 0.1) is 12.2 Å². The van der Waals surface area contributed by atoms with E-state index < -0.39 is 0 Å². The lowest BCUT2D eigenvalue weighted by Gasteiger charge is -2.37. The molecule has 0 saturated carbocycles. The van der Waals surface area contributed by atoms with E-state index in [0.717, 1.165) is 42.7 Å². The van der Waals surface area contributed by atoms with Gasteiger partial charge >= 0.3 is 0 Å². The van der Waals surface area contributed by atoms with Crippen LogP contribution in [0.2, 0.25) is 0 Å². The average Bonchev–Trinajstić information content (AvgIpc) is 2.92. The smallest absolute Gasteiger partial charge is 0.125 e. The van der Waals surface area contributed by atoms with Gasteiger partial charge in [-0.3, -0.25) is 0 Å². The molecule has 0 amide bonds. The highest BCUT2D eigenvalue weighted by Gasteiger charge is 2.33. The molecule has 0 aromatic heterocycles. The highest BCUT2D eigenvalue weighted by atomic mass is 79.9. The van der Waals surface area contributed by atoms with Crippen LogP contribution in [0.4, 0.5) is 0 Å². The molecule has 2 atom stereocenters. The molecule has 1 heterocycles. The first-order valence-electron chi connectivity index (χ1n) is 7.79. The maximum absolute atomic E-state index is 6.04. The number of likely N-dealkylation sites (N-methyl/N-ethyl adjacent to an activating group) is 1. The first-order chi connectivity index (χ1) is 10.0. The second-order valence-corrected chi connectivity index (χ2v) is 6.71. The van der Waals surface area contributed by atoms with Crippen LogP contribution >= 0.6 is 15.9 Å². The van der Waals surface area contributed by atoms with Crippen molar-refractivity contribution in [2.45, 2.75) is 51.7 Å². The molecular weight excluding hydrogens is 330 g/mol. The highest BCUT2D eigenvalue weighted by Crippen LogP contribution is 2.35. The molecular formula is C17H26BrNO2. The van der Waals surface area contributed by atoms with Gasteiger partial charge in [-0.25, -0.2) is 0 Å². The van der Waals surface area contributed by atoms with Crippen LogP contribution in [-0.4, -0.2) is 31.9 Å². The summed E-state index contributed by atoms with van der Waals surface area (Å²) in [5.41, 5.74) is 2.40. The fourth-order valence-electron chi connectivity index (χ4n) is 3.12. The van der Waals surface area contributed by atoms with E-state index in [1.807, 2.05) is 7.05 Å². The summed E-state index contributed by atoms with van der Waals surface area (Å²) in [6.45, 7) is 7.95. The van der Waals surface area contributed by atoms with Crippen LogP contribution in [0, 0.1) is 0 Å². The molecule has 118 valence electrons. The molecule has 4 heteroatoms. The molecule has 1 aliphatic heterocycles. The van der Waals surface area contributed by atoms with Gasteiger partial charge < -0.3 is 14.8 Å². The topological polar surface area (TPSA) is 30.5 Å². The van der Waals surface area contributed by atoms with E-state index >= 15 is 0 Å². The summed E-state index contributed by atoms with van der Waals surface area (Å²) in [4.78, 5) is 0. The largest absolute Gasteiger partial charge is 0.493 e. The van der Waals surface area contributed by atoms with E-state index in [-0.39, 0.29) is 11.6 Å². The molecule has 1 aromatic carbocycles. The van der Waals surface area contributed by atoms with Crippen molar-refractivity contribution in [3.63, 3.8) is 0 Å². The van der Waals surface area contributed by atoms with Crippen molar-refractivity contribution in [2.24, 2.45) is 0 Å². The Morgan fingerprint density at radius 2 is 2.19 bits per heavy atom. The quantitative estimate of drug-likeness (QED) is 0.808. The van der Waals surface area contributed by atoms with E-state index in [0.29, 0.717) is 0 Å². The molecule has 0 aliphatic carbocycles. The Labute approximate surface area is 136 Å². The number of halogens is 1. The van der Waals surface area contributed by atoms with Crippen LogP contribution in [0.1, 0.15) is 38.3 Å². The SMILES string of the molecule is CCOC(C)(CC)C(Cc1cc(Br)cc2c1OCC2)NC. The van der Waals surface area contributed by atoms with E-state index in [9.17, 15) is 0 Å². The third-order valence-corrected chi connectivity index (χ3v) is 4.97. The molecule has 21 heavy (non-hydrogen) atoms. The number of benzene rings is 1. The number of nitrogens with one attached hydrogen (secondary N) is 1. The lowest BCUT2D eigenvalue weighted by atomic mass is 9.87. The number of rotatable bonds is 7. The summed E-state index contributed by atoms with van der Waals surface area (Å²) >= 11 is 3.62. The Kier molecular flexibility index (Phi) is 5.69. The molecule has 3 nitrogen and oxygen atoms in total. The molecule has 0 bridgehead atoms. The van der Waals surface area contributed by atoms with Crippen molar-refractivity contribution < 1.29 is 9.47 Å². The summed E-state index contributed by atoms with van der Waals surface area (Å²) in [6.07, 6.45) is 2.88. The van der Waals surface area contributed by atoms with Gasteiger partial charge in [-0.2, -0.15) is 0 Å². The molecule has 0 radical (unpaired) electrons. The summed E-state index contributed by atoms with van der Waals surface area (Å²) in [5, 5.41) is 3.44. The number of hydrogen-bond acceptors (Lipinski definition) is 3. The maximum Gasteiger partial charge on any atom is 0.125 e. The molecule has 2 unspecified atom stereocenters. The van der Waals surface area contributed by atoms with Crippen molar-refractivity contribution in [1.29, 1.82) is 0 Å². The third kappa shape index (κ3) is 3.61. The Hall–Kier alpha value is -0.580. The fourth-order valence-corrected chi connectivity index (χ4v) is 3.67. The van der Waals surface area contributed by atoms with Gasteiger partial charge in [-0.15, -0.1) is 0 Å². The lowest BCUT2D eigenvalue weighted by Crippen LogP contribution is -2.50. The predicted octanol–water partition coefficient (Wildman–Crippen LogP) is 3.72. The molecule has 1 aromatic rings. The van der Waals surface area contributed by atoms with E-state index in [4.69, 9.17) is 9.47 Å². The van der Waals surface area contributed by atoms with Crippen LogP contribution in [-0.2, 0) is 17.6 Å². The van der Waals surface area contributed by atoms with Crippen molar-refractivity contribution in [2.75, 3.05) is 20.3 Å². The minimum Gasteiger partial charge on any atom is -0.493 e. The minimum atomic E-state index is -0.169. The van der Waals surface area contributed by atoms with Crippen LogP contribution in [0.15, 0.2) is 16.6 Å². The van der Waals surface area contributed by atoms with E-state index in [1.165, 1.54) is 11.1 Å². The van der Waals surface area contributed by atoms with E-state index in [1.54, 1.807) is 0 Å². The molecule has 2 rings (SSSR count). The molecule has 0 saturated heterocycles. The zero-order valence-corrected chi connectivity index (χ0v) is 15.0. The maximum atomic E-state index is 6.04. The van der Waals surface area contributed by atoms with Crippen molar-refractivity contribution in [3.8, 4) is 5.75 Å². The number of hydrogen-bond donors (Lipinski definition) is 1. The standard InChI is InChI=1S/C17H26BrNO2/c1-5-17(3,21-6-2)15(19-4)11-13-10-14(18)9-12-7-8-20-16(12)13/h9-10,15,19H,5-8,11H2,1-4H3. The van der Waals surface area contributed by atoms with Gasteiger partial charge in [0.25, 0.3) is 0 Å². The zero-order valence-electron chi connectivity index (χ0n) is 13.5. The minimum absolute atomic E-state index is 0.169. The van der Waals surface area contributed by atoms with Crippen molar-refractivity contribution in [3.05, 3.63) is 27.7 Å². The van der Waals surface area contributed by atoms with Crippen molar-refractivity contribution in [1.82, 2.24) is 5.32 Å². The van der Waals surface area contributed by atoms with Gasteiger partial charge in [-0.05, 0) is 57.0 Å². The normalized spacial score (nSPS) is 18.0. The predicted molar refractivity (Wildman–Crippen MR) is 90.2 cm³/mol. The fraction of sp³-hybridized carbons (Fsp3) is 0.647. The molecule has 0 fully saturated rings. The summed E-state index contributed by atoms with van der Waals surface area (Å²) < 4.78 is 13.0. The monoisotopic (exact) mass is 355 g/mol. The summed E-state index contributed by atoms with van der Waals surface area (Å²) in [5.74, 6) is 1.08. The summed E-state index contributed by atoms with van der Waals surface area (Å²) in [6, 6.07) is 4.60. The van der Waals surface area contributed by atoms with Crippen LogP contribution in [0.3, 0.4) is 0 Å². The Morgan fingerprint density at radius 1 is 1.43 bits per heavy atom. The highest BCUT2D eigenvalue weighted by molar-refractivity contribution is 9.10. The Bertz CT molecular complexity index is 492. The Morgan fingerprint density at radius 3 is 2.81 bits per heavy atom. The molecule has 1 aliphatic rings. The average molecular weight is 356 g/mol. The Balaban J connectivity index is 2.27.